The number of hydrogen-bond donors (Lipinski definition) is 1. The lowest BCUT2D eigenvalue weighted by atomic mass is 10.5. The van der Waals surface area contributed by atoms with Crippen molar-refractivity contribution in [3.8, 4) is 0 Å². The van der Waals surface area contributed by atoms with Crippen LogP contribution in [0.25, 0.3) is 0 Å². The molecular formula is C8H12BrN3O2S. The first-order chi connectivity index (χ1) is 6.88. The largest absolute Gasteiger partial charge is 0.353 e. The van der Waals surface area contributed by atoms with Crippen LogP contribution in [0.5, 0.6) is 0 Å². The number of halogens is 1. The second-order valence-corrected chi connectivity index (χ2v) is 6.30. The average Bonchev–Trinajstić information content (AvgIpc) is 2.09. The first-order valence-corrected chi connectivity index (χ1v) is 7.14. The maximum absolute atomic E-state index is 10.9. The van der Waals surface area contributed by atoms with Gasteiger partial charge in [0, 0.05) is 19.0 Å². The van der Waals surface area contributed by atoms with Crippen LogP contribution in [0.15, 0.2) is 10.7 Å². The summed E-state index contributed by atoms with van der Waals surface area (Å²) in [6, 6.07) is 0. The van der Waals surface area contributed by atoms with Gasteiger partial charge in [0.1, 0.15) is 9.84 Å². The molecular weight excluding hydrogens is 282 g/mol. The fraction of sp³-hybridized carbons (Fsp3) is 0.500. The third-order valence-corrected chi connectivity index (χ3v) is 3.40. The molecule has 1 aromatic rings. The van der Waals surface area contributed by atoms with Crippen LogP contribution in [0.4, 0.5) is 5.95 Å². The smallest absolute Gasteiger partial charge is 0.222 e. The van der Waals surface area contributed by atoms with Gasteiger partial charge in [-0.1, -0.05) is 0 Å². The Labute approximate surface area is 97.4 Å². The average molecular weight is 294 g/mol. The molecule has 0 saturated heterocycles. The van der Waals surface area contributed by atoms with Crippen LogP contribution in [0.2, 0.25) is 0 Å². The molecule has 84 valence electrons. The fourth-order valence-corrected chi connectivity index (χ4v) is 1.55. The summed E-state index contributed by atoms with van der Waals surface area (Å²) in [6.45, 7) is 2.16. The number of sulfone groups is 1. The molecule has 0 radical (unpaired) electrons. The third-order valence-electron chi connectivity index (χ3n) is 1.68. The predicted molar refractivity (Wildman–Crippen MR) is 62.7 cm³/mol. The van der Waals surface area contributed by atoms with Crippen LogP contribution in [0.3, 0.4) is 0 Å². The zero-order valence-electron chi connectivity index (χ0n) is 8.49. The first kappa shape index (κ1) is 12.4. The quantitative estimate of drug-likeness (QED) is 0.897. The van der Waals surface area contributed by atoms with Gasteiger partial charge in [0.05, 0.1) is 15.9 Å². The molecule has 0 aliphatic rings. The molecule has 0 saturated carbocycles. The van der Waals surface area contributed by atoms with E-state index in [4.69, 9.17) is 0 Å². The van der Waals surface area contributed by atoms with Crippen LogP contribution in [0.1, 0.15) is 5.69 Å². The molecule has 0 bridgehead atoms. The standard InChI is InChI=1S/C8H12BrN3O2S/c1-6-7(9)5-11-8(12-6)10-3-4-15(2,13)14/h5H,3-4H2,1-2H3,(H,10,11,12). The lowest BCUT2D eigenvalue weighted by Gasteiger charge is -2.04. The van der Waals surface area contributed by atoms with E-state index in [0.29, 0.717) is 12.5 Å². The summed E-state index contributed by atoms with van der Waals surface area (Å²) in [6.07, 6.45) is 2.83. The SMILES string of the molecule is Cc1nc(NCCS(C)(=O)=O)ncc1Br. The number of hydrogen-bond acceptors (Lipinski definition) is 5. The van der Waals surface area contributed by atoms with Crippen LogP contribution in [-0.2, 0) is 9.84 Å². The summed E-state index contributed by atoms with van der Waals surface area (Å²) >= 11 is 3.28. The van der Waals surface area contributed by atoms with Crippen molar-refractivity contribution in [2.24, 2.45) is 0 Å². The zero-order chi connectivity index (χ0) is 11.5. The number of nitrogens with zero attached hydrogens (tertiary/aromatic N) is 2. The molecule has 15 heavy (non-hydrogen) atoms. The van der Waals surface area contributed by atoms with Gasteiger partial charge < -0.3 is 5.32 Å². The van der Waals surface area contributed by atoms with Gasteiger partial charge in [0.15, 0.2) is 0 Å². The molecule has 0 unspecified atom stereocenters. The molecule has 0 aromatic carbocycles. The summed E-state index contributed by atoms with van der Waals surface area (Å²) in [4.78, 5) is 8.12. The molecule has 1 heterocycles. The fourth-order valence-electron chi connectivity index (χ4n) is 0.886. The van der Waals surface area contributed by atoms with E-state index in [-0.39, 0.29) is 5.75 Å². The normalized spacial score (nSPS) is 11.4. The Morgan fingerprint density at radius 1 is 1.53 bits per heavy atom. The maximum atomic E-state index is 10.9. The number of nitrogens with one attached hydrogen (secondary N) is 1. The van der Waals surface area contributed by atoms with Gasteiger partial charge in [0.2, 0.25) is 5.95 Å². The highest BCUT2D eigenvalue weighted by atomic mass is 79.9. The Balaban J connectivity index is 2.55. The van der Waals surface area contributed by atoms with Crippen LogP contribution in [-0.4, -0.2) is 36.9 Å². The Bertz CT molecular complexity index is 447. The molecule has 0 aliphatic heterocycles. The molecule has 1 aromatic heterocycles. The van der Waals surface area contributed by atoms with E-state index in [1.54, 1.807) is 6.20 Å². The van der Waals surface area contributed by atoms with Gasteiger partial charge in [-0.15, -0.1) is 0 Å². The molecule has 0 spiro atoms. The molecule has 0 aliphatic carbocycles. The lowest BCUT2D eigenvalue weighted by molar-refractivity contribution is 0.602. The molecule has 1 rings (SSSR count). The van der Waals surface area contributed by atoms with Crippen molar-refractivity contribution in [1.29, 1.82) is 0 Å². The van der Waals surface area contributed by atoms with E-state index in [1.807, 2.05) is 6.92 Å². The van der Waals surface area contributed by atoms with Crippen LogP contribution < -0.4 is 5.32 Å². The van der Waals surface area contributed by atoms with Crippen LogP contribution >= 0.6 is 15.9 Å². The van der Waals surface area contributed by atoms with Crippen molar-refractivity contribution in [1.82, 2.24) is 9.97 Å². The van der Waals surface area contributed by atoms with Gasteiger partial charge in [0.25, 0.3) is 0 Å². The number of rotatable bonds is 4. The van der Waals surface area contributed by atoms with E-state index >= 15 is 0 Å². The van der Waals surface area contributed by atoms with Gasteiger partial charge in [-0.05, 0) is 22.9 Å². The highest BCUT2D eigenvalue weighted by Gasteiger charge is 2.03. The summed E-state index contributed by atoms with van der Waals surface area (Å²) in [5.41, 5.74) is 0.812. The topological polar surface area (TPSA) is 72.0 Å². The van der Waals surface area contributed by atoms with Crippen molar-refractivity contribution in [3.63, 3.8) is 0 Å². The Morgan fingerprint density at radius 2 is 2.20 bits per heavy atom. The second-order valence-electron chi connectivity index (χ2n) is 3.18. The van der Waals surface area contributed by atoms with E-state index in [2.05, 4.69) is 31.2 Å². The Hall–Kier alpha value is -0.690. The monoisotopic (exact) mass is 293 g/mol. The van der Waals surface area contributed by atoms with Crippen molar-refractivity contribution in [2.75, 3.05) is 23.9 Å². The van der Waals surface area contributed by atoms with Crippen LogP contribution in [0, 0.1) is 6.92 Å². The van der Waals surface area contributed by atoms with Gasteiger partial charge >= 0.3 is 0 Å². The van der Waals surface area contributed by atoms with Crippen molar-refractivity contribution in [3.05, 3.63) is 16.4 Å². The first-order valence-electron chi connectivity index (χ1n) is 4.29. The number of aromatic nitrogens is 2. The molecule has 0 atom stereocenters. The Morgan fingerprint density at radius 3 is 2.73 bits per heavy atom. The number of anilines is 1. The molecule has 1 N–H and O–H groups in total. The lowest BCUT2D eigenvalue weighted by Crippen LogP contribution is -2.15. The summed E-state index contributed by atoms with van der Waals surface area (Å²) in [5, 5.41) is 2.85. The van der Waals surface area contributed by atoms with Crippen molar-refractivity contribution in [2.45, 2.75) is 6.92 Å². The summed E-state index contributed by atoms with van der Waals surface area (Å²) in [5.74, 6) is 0.519. The molecule has 7 heteroatoms. The third kappa shape index (κ3) is 4.57. The minimum atomic E-state index is -2.94. The molecule has 0 amide bonds. The van der Waals surface area contributed by atoms with E-state index in [9.17, 15) is 8.42 Å². The van der Waals surface area contributed by atoms with Crippen molar-refractivity contribution >= 4 is 31.7 Å². The van der Waals surface area contributed by atoms with Gasteiger partial charge in [-0.3, -0.25) is 0 Å². The number of aryl methyl sites for hydroxylation is 1. The van der Waals surface area contributed by atoms with Crippen molar-refractivity contribution < 1.29 is 8.42 Å². The van der Waals surface area contributed by atoms with Gasteiger partial charge in [-0.25, -0.2) is 18.4 Å². The highest BCUT2D eigenvalue weighted by Crippen LogP contribution is 2.12. The summed E-state index contributed by atoms with van der Waals surface area (Å²) < 4.78 is 22.5. The molecule has 0 fully saturated rings. The predicted octanol–water partition coefficient (Wildman–Crippen LogP) is 1.00. The van der Waals surface area contributed by atoms with Gasteiger partial charge in [-0.2, -0.15) is 0 Å². The maximum Gasteiger partial charge on any atom is 0.222 e. The second kappa shape index (κ2) is 4.89. The highest BCUT2D eigenvalue weighted by molar-refractivity contribution is 9.10. The minimum absolute atomic E-state index is 0.0749. The van der Waals surface area contributed by atoms with E-state index in [0.717, 1.165) is 10.2 Å². The van der Waals surface area contributed by atoms with E-state index < -0.39 is 9.84 Å². The minimum Gasteiger partial charge on any atom is -0.353 e. The summed E-state index contributed by atoms with van der Waals surface area (Å²) in [7, 11) is -2.94. The zero-order valence-corrected chi connectivity index (χ0v) is 10.9. The molecule has 5 nitrogen and oxygen atoms in total. The van der Waals surface area contributed by atoms with E-state index in [1.165, 1.54) is 6.26 Å². The Kier molecular flexibility index (Phi) is 4.04.